The number of hydrogen-bond donors (Lipinski definition) is 0. The molecule has 3 atom stereocenters. The van der Waals surface area contributed by atoms with Gasteiger partial charge in [-0.2, -0.15) is 0 Å². The molecule has 0 N–H and O–H groups in total. The molecule has 0 bridgehead atoms. The SMILES string of the molecule is COc1cc(C2N=c3sc4c(c3=CN2Cc2ccccc2)=CC(C)C(Br)C=4)c(Br)c(OC)c1OC. The highest BCUT2D eigenvalue weighted by Crippen LogP contribution is 2.47. The Bertz CT molecular complexity index is 1500. The molecule has 0 spiro atoms. The van der Waals surface area contributed by atoms with E-state index >= 15 is 0 Å². The van der Waals surface area contributed by atoms with E-state index in [1.165, 1.54) is 20.5 Å². The van der Waals surface area contributed by atoms with Crippen molar-refractivity contribution in [2.75, 3.05) is 21.3 Å². The second kappa shape index (κ2) is 9.99. The lowest BCUT2D eigenvalue weighted by Gasteiger charge is -2.31. The van der Waals surface area contributed by atoms with Crippen molar-refractivity contribution >= 4 is 61.5 Å². The number of hydrogen-bond acceptors (Lipinski definition) is 6. The van der Waals surface area contributed by atoms with Gasteiger partial charge < -0.3 is 19.1 Å². The molecule has 5 nitrogen and oxygen atoms in total. The van der Waals surface area contributed by atoms with Crippen molar-refractivity contribution in [2.45, 2.75) is 24.5 Å². The predicted molar refractivity (Wildman–Crippen MR) is 148 cm³/mol. The highest BCUT2D eigenvalue weighted by Gasteiger charge is 2.29. The minimum atomic E-state index is -0.275. The van der Waals surface area contributed by atoms with Gasteiger partial charge in [-0.1, -0.05) is 65.3 Å². The Balaban J connectivity index is 1.75. The summed E-state index contributed by atoms with van der Waals surface area (Å²) >= 11 is 9.32. The number of methoxy groups -OCH3 is 3. The van der Waals surface area contributed by atoms with E-state index in [0.717, 1.165) is 14.7 Å². The van der Waals surface area contributed by atoms with E-state index in [1.54, 1.807) is 32.7 Å². The highest BCUT2D eigenvalue weighted by atomic mass is 79.9. The monoisotopic (exact) mass is 616 g/mol. The molecule has 0 amide bonds. The molecule has 35 heavy (non-hydrogen) atoms. The summed E-state index contributed by atoms with van der Waals surface area (Å²) in [4.78, 5) is 7.91. The molecule has 2 aromatic carbocycles. The molecule has 2 heterocycles. The molecule has 0 saturated heterocycles. The minimum absolute atomic E-state index is 0.275. The average Bonchev–Trinajstić information content (AvgIpc) is 3.20. The van der Waals surface area contributed by atoms with Crippen LogP contribution in [0, 0.1) is 5.92 Å². The van der Waals surface area contributed by atoms with Gasteiger partial charge in [0.1, 0.15) is 10.8 Å². The second-order valence-corrected chi connectivity index (χ2v) is 11.5. The molecule has 2 aliphatic rings. The van der Waals surface area contributed by atoms with Crippen LogP contribution >= 0.6 is 43.2 Å². The highest BCUT2D eigenvalue weighted by molar-refractivity contribution is 9.10. The fourth-order valence-corrected chi connectivity index (χ4v) is 6.94. The van der Waals surface area contributed by atoms with Crippen LogP contribution in [0.3, 0.4) is 0 Å². The quantitative estimate of drug-likeness (QED) is 0.391. The van der Waals surface area contributed by atoms with E-state index in [0.29, 0.717) is 34.5 Å². The molecule has 1 aromatic heterocycles. The summed E-state index contributed by atoms with van der Waals surface area (Å²) < 4.78 is 20.1. The summed E-state index contributed by atoms with van der Waals surface area (Å²) in [5, 5.41) is 2.46. The molecule has 3 unspecified atom stereocenters. The lowest BCUT2D eigenvalue weighted by Crippen LogP contribution is -2.45. The maximum absolute atomic E-state index is 5.72. The van der Waals surface area contributed by atoms with Crippen LogP contribution < -0.4 is 33.9 Å². The summed E-state index contributed by atoms with van der Waals surface area (Å²) in [6.07, 6.45) is 6.64. The molecule has 0 radical (unpaired) electrons. The van der Waals surface area contributed by atoms with Crippen LogP contribution in [0.2, 0.25) is 0 Å². The third kappa shape index (κ3) is 4.41. The van der Waals surface area contributed by atoms with E-state index in [2.05, 4.69) is 86.3 Å². The number of benzene rings is 2. The molecule has 182 valence electrons. The fourth-order valence-electron chi connectivity index (χ4n) is 4.55. The lowest BCUT2D eigenvalue weighted by molar-refractivity contribution is 0.291. The molecule has 1 aliphatic heterocycles. The number of ether oxygens (including phenoxy) is 3. The lowest BCUT2D eigenvalue weighted by atomic mass is 10.0. The van der Waals surface area contributed by atoms with Gasteiger partial charge in [-0.3, -0.25) is 0 Å². The van der Waals surface area contributed by atoms with Crippen molar-refractivity contribution in [3.63, 3.8) is 0 Å². The van der Waals surface area contributed by atoms with Crippen LogP contribution in [0.1, 0.15) is 24.2 Å². The van der Waals surface area contributed by atoms with E-state index in [9.17, 15) is 0 Å². The number of halogens is 2. The summed E-state index contributed by atoms with van der Waals surface area (Å²) in [6.45, 7) is 2.95. The predicted octanol–water partition coefficient (Wildman–Crippen LogP) is 4.08. The maximum atomic E-state index is 5.72. The first-order chi connectivity index (χ1) is 16.9. The van der Waals surface area contributed by atoms with Gasteiger partial charge in [0, 0.05) is 32.9 Å². The minimum Gasteiger partial charge on any atom is -0.493 e. The molecule has 0 saturated carbocycles. The van der Waals surface area contributed by atoms with Gasteiger partial charge >= 0.3 is 0 Å². The standard InChI is InChI=1S/C27H26Br2N2O3S/c1-15-10-17-19-14-31(13-16-8-6-5-7-9-16)26(30-27(19)35-22(17)12-20(15)28)18-11-21(32-2)24(33-3)25(34-4)23(18)29/h5-12,14-15,20,26H,13H2,1-4H3. The van der Waals surface area contributed by atoms with Gasteiger partial charge in [0.15, 0.2) is 11.5 Å². The Morgan fingerprint density at radius 2 is 1.74 bits per heavy atom. The zero-order chi connectivity index (χ0) is 24.7. The first-order valence-corrected chi connectivity index (χ1v) is 13.8. The van der Waals surface area contributed by atoms with Crippen molar-refractivity contribution in [2.24, 2.45) is 10.9 Å². The summed E-state index contributed by atoms with van der Waals surface area (Å²) in [5.74, 6) is 2.16. The molecule has 0 fully saturated rings. The zero-order valence-corrected chi connectivity index (χ0v) is 23.9. The summed E-state index contributed by atoms with van der Waals surface area (Å²) in [7, 11) is 4.88. The largest absolute Gasteiger partial charge is 0.493 e. The van der Waals surface area contributed by atoms with Crippen LogP contribution in [0.15, 0.2) is 45.9 Å². The average molecular weight is 618 g/mol. The van der Waals surface area contributed by atoms with Crippen molar-refractivity contribution in [1.82, 2.24) is 4.90 Å². The molecule has 8 heteroatoms. The molecule has 1 aliphatic carbocycles. The molecular formula is C27H26Br2N2O3S. The van der Waals surface area contributed by atoms with Crippen molar-refractivity contribution in [3.05, 3.63) is 71.6 Å². The van der Waals surface area contributed by atoms with Gasteiger partial charge in [-0.25, -0.2) is 4.99 Å². The smallest absolute Gasteiger partial charge is 0.204 e. The van der Waals surface area contributed by atoms with E-state index < -0.39 is 0 Å². The third-order valence-corrected chi connectivity index (χ3v) is 9.38. The second-order valence-electron chi connectivity index (χ2n) is 8.57. The van der Waals surface area contributed by atoms with Gasteiger partial charge in [0.25, 0.3) is 0 Å². The van der Waals surface area contributed by atoms with Crippen LogP contribution in [-0.4, -0.2) is 31.1 Å². The molecule has 3 aromatic rings. The van der Waals surface area contributed by atoms with Gasteiger partial charge in [-0.15, -0.1) is 11.3 Å². The topological polar surface area (TPSA) is 43.3 Å². The Labute approximate surface area is 225 Å². The Hall–Kier alpha value is -2.29. The zero-order valence-electron chi connectivity index (χ0n) is 19.9. The van der Waals surface area contributed by atoms with Crippen molar-refractivity contribution in [3.8, 4) is 17.2 Å². The number of alkyl halides is 1. The van der Waals surface area contributed by atoms with Gasteiger partial charge in [-0.05, 0) is 38.7 Å². The number of fused-ring (bicyclic) bond motifs is 3. The van der Waals surface area contributed by atoms with Gasteiger partial charge in [0.2, 0.25) is 5.75 Å². The maximum Gasteiger partial charge on any atom is 0.204 e. The summed E-state index contributed by atoms with van der Waals surface area (Å²) in [5.41, 5.74) is 2.16. The van der Waals surface area contributed by atoms with Gasteiger partial charge in [0.05, 0.1) is 25.8 Å². The van der Waals surface area contributed by atoms with Crippen LogP contribution in [0.5, 0.6) is 17.2 Å². The van der Waals surface area contributed by atoms with Crippen LogP contribution in [0.4, 0.5) is 0 Å². The van der Waals surface area contributed by atoms with Crippen LogP contribution in [-0.2, 0) is 6.54 Å². The van der Waals surface area contributed by atoms with E-state index in [4.69, 9.17) is 19.2 Å². The molecular weight excluding hydrogens is 592 g/mol. The first-order valence-electron chi connectivity index (χ1n) is 11.3. The molecule has 5 rings (SSSR count). The van der Waals surface area contributed by atoms with Crippen molar-refractivity contribution in [1.29, 1.82) is 0 Å². The number of thiophene rings is 1. The van der Waals surface area contributed by atoms with Crippen LogP contribution in [0.25, 0.3) is 18.4 Å². The number of nitrogens with zero attached hydrogens (tertiary/aromatic N) is 2. The van der Waals surface area contributed by atoms with E-state index in [1.807, 2.05) is 12.1 Å². The first kappa shape index (κ1) is 24.4. The summed E-state index contributed by atoms with van der Waals surface area (Å²) in [6, 6.07) is 12.4. The Morgan fingerprint density at radius 3 is 2.43 bits per heavy atom. The third-order valence-electron chi connectivity index (χ3n) is 6.37. The number of rotatable bonds is 6. The Kier molecular flexibility index (Phi) is 6.97. The van der Waals surface area contributed by atoms with E-state index in [-0.39, 0.29) is 6.17 Å². The van der Waals surface area contributed by atoms with Crippen molar-refractivity contribution < 1.29 is 14.2 Å². The fraction of sp³-hybridized carbons (Fsp3) is 0.296. The normalized spacial score (nSPS) is 20.4. The Morgan fingerprint density at radius 1 is 1.00 bits per heavy atom.